The molecule has 1 aromatic carbocycles. The molecule has 0 spiro atoms. The molecule has 1 rings (SSSR count). The zero-order valence-electron chi connectivity index (χ0n) is 11.4. The lowest BCUT2D eigenvalue weighted by atomic mass is 10.2. The van der Waals surface area contributed by atoms with Gasteiger partial charge >= 0.3 is 0 Å². The molecule has 0 radical (unpaired) electrons. The van der Waals surface area contributed by atoms with Crippen LogP contribution in [0.25, 0.3) is 0 Å². The van der Waals surface area contributed by atoms with Gasteiger partial charge in [0.2, 0.25) is 0 Å². The summed E-state index contributed by atoms with van der Waals surface area (Å²) >= 11 is 0. The Kier molecular flexibility index (Phi) is 6.29. The smallest absolute Gasteiger partial charge is 0.258 e. The molecule has 0 saturated carbocycles. The summed E-state index contributed by atoms with van der Waals surface area (Å²) in [5.41, 5.74) is 5.75. The van der Waals surface area contributed by atoms with Gasteiger partial charge < -0.3 is 15.8 Å². The molecule has 1 aromatic rings. The van der Waals surface area contributed by atoms with Gasteiger partial charge in [-0.3, -0.25) is 4.79 Å². The highest BCUT2D eigenvalue weighted by Gasteiger charge is 2.12. The van der Waals surface area contributed by atoms with Crippen LogP contribution in [0.2, 0.25) is 0 Å². The fraction of sp³-hybridized carbons (Fsp3) is 0.500. The maximum atomic E-state index is 13.4. The van der Waals surface area contributed by atoms with Gasteiger partial charge in [0.05, 0.1) is 0 Å². The minimum atomic E-state index is -0.416. The number of amides is 1. The number of hydrogen-bond donors (Lipinski definition) is 2. The van der Waals surface area contributed by atoms with Crippen molar-refractivity contribution in [1.82, 2.24) is 5.32 Å². The Labute approximate surface area is 113 Å². The number of halogens is 1. The third-order valence-electron chi connectivity index (χ3n) is 2.99. The van der Waals surface area contributed by atoms with Crippen LogP contribution in [-0.2, 0) is 11.3 Å². The molecule has 0 heterocycles. The molecule has 3 N–H and O–H groups in total. The van der Waals surface area contributed by atoms with Crippen LogP contribution < -0.4 is 15.8 Å². The van der Waals surface area contributed by atoms with E-state index >= 15 is 0 Å². The molecule has 0 aliphatic heterocycles. The number of rotatable bonds is 7. The largest absolute Gasteiger partial charge is 0.483 e. The van der Waals surface area contributed by atoms with Crippen LogP contribution >= 0.6 is 0 Å². The summed E-state index contributed by atoms with van der Waals surface area (Å²) < 4.78 is 18.8. The van der Waals surface area contributed by atoms with Gasteiger partial charge in [-0.1, -0.05) is 19.9 Å². The Morgan fingerprint density at radius 2 is 2.11 bits per heavy atom. The third-order valence-corrected chi connectivity index (χ3v) is 2.99. The van der Waals surface area contributed by atoms with Crippen molar-refractivity contribution in [3.05, 3.63) is 29.6 Å². The number of benzene rings is 1. The highest BCUT2D eigenvalue weighted by Crippen LogP contribution is 2.20. The van der Waals surface area contributed by atoms with Crippen molar-refractivity contribution in [2.45, 2.75) is 39.3 Å². The molecule has 0 unspecified atom stereocenters. The lowest BCUT2D eigenvalue weighted by molar-refractivity contribution is -0.123. The standard InChI is InChI=1S/C14H21FN2O2/c1-3-10(4-2)17-14(18)9-19-13-7-5-6-12(15)11(13)8-16/h5-7,10H,3-4,8-9,16H2,1-2H3,(H,17,18). The number of nitrogens with two attached hydrogens (primary N) is 1. The van der Waals surface area contributed by atoms with Gasteiger partial charge in [0.15, 0.2) is 6.61 Å². The molecule has 5 heteroatoms. The van der Waals surface area contributed by atoms with E-state index in [-0.39, 0.29) is 30.7 Å². The number of ether oxygens (including phenoxy) is 1. The normalized spacial score (nSPS) is 10.6. The topological polar surface area (TPSA) is 64.3 Å². The zero-order valence-corrected chi connectivity index (χ0v) is 11.4. The average Bonchev–Trinajstić information content (AvgIpc) is 2.42. The first-order valence-electron chi connectivity index (χ1n) is 6.51. The van der Waals surface area contributed by atoms with Crippen molar-refractivity contribution in [3.63, 3.8) is 0 Å². The van der Waals surface area contributed by atoms with Gasteiger partial charge in [0, 0.05) is 18.2 Å². The third kappa shape index (κ3) is 4.52. The molecule has 1 amide bonds. The molecule has 0 aliphatic rings. The average molecular weight is 268 g/mol. The van der Waals surface area contributed by atoms with Gasteiger partial charge in [0.1, 0.15) is 11.6 Å². The van der Waals surface area contributed by atoms with Gasteiger partial charge in [-0.15, -0.1) is 0 Å². The number of nitrogens with one attached hydrogen (secondary N) is 1. The summed E-state index contributed by atoms with van der Waals surface area (Å²) in [4.78, 5) is 11.7. The maximum Gasteiger partial charge on any atom is 0.258 e. The van der Waals surface area contributed by atoms with Gasteiger partial charge in [-0.2, -0.15) is 0 Å². The first-order chi connectivity index (χ1) is 9.12. The number of carbonyl (C=O) groups is 1. The predicted octanol–water partition coefficient (Wildman–Crippen LogP) is 1.97. The van der Waals surface area contributed by atoms with E-state index in [1.807, 2.05) is 13.8 Å². The summed E-state index contributed by atoms with van der Waals surface area (Å²) in [7, 11) is 0. The van der Waals surface area contributed by atoms with E-state index in [1.54, 1.807) is 6.07 Å². The van der Waals surface area contributed by atoms with Crippen LogP contribution in [0.3, 0.4) is 0 Å². The molecule has 106 valence electrons. The second kappa shape index (κ2) is 7.74. The van der Waals surface area contributed by atoms with E-state index in [0.29, 0.717) is 5.75 Å². The van der Waals surface area contributed by atoms with Crippen LogP contribution in [-0.4, -0.2) is 18.6 Å². The molecular weight excluding hydrogens is 247 g/mol. The molecular formula is C14H21FN2O2. The Morgan fingerprint density at radius 3 is 2.68 bits per heavy atom. The minimum Gasteiger partial charge on any atom is -0.483 e. The van der Waals surface area contributed by atoms with Crippen LogP contribution in [0, 0.1) is 5.82 Å². The second-order valence-corrected chi connectivity index (χ2v) is 4.29. The first kappa shape index (κ1) is 15.4. The van der Waals surface area contributed by atoms with E-state index in [9.17, 15) is 9.18 Å². The van der Waals surface area contributed by atoms with Crippen molar-refractivity contribution >= 4 is 5.91 Å². The molecule has 19 heavy (non-hydrogen) atoms. The molecule has 0 aromatic heterocycles. The highest BCUT2D eigenvalue weighted by atomic mass is 19.1. The van der Waals surface area contributed by atoms with E-state index < -0.39 is 5.82 Å². The quantitative estimate of drug-likeness (QED) is 0.794. The molecule has 0 saturated heterocycles. The summed E-state index contributed by atoms with van der Waals surface area (Å²) in [5, 5.41) is 2.85. The molecule has 0 aliphatic carbocycles. The van der Waals surface area contributed by atoms with Crippen molar-refractivity contribution in [2.24, 2.45) is 5.73 Å². The number of carbonyl (C=O) groups excluding carboxylic acids is 1. The Bertz CT molecular complexity index is 420. The summed E-state index contributed by atoms with van der Waals surface area (Å²) in [5.74, 6) is -0.302. The number of hydrogen-bond acceptors (Lipinski definition) is 3. The summed E-state index contributed by atoms with van der Waals surface area (Å²) in [6, 6.07) is 4.61. The summed E-state index contributed by atoms with van der Waals surface area (Å²) in [6.07, 6.45) is 1.74. The van der Waals surface area contributed by atoms with E-state index in [4.69, 9.17) is 10.5 Å². The van der Waals surface area contributed by atoms with Crippen LogP contribution in [0.1, 0.15) is 32.3 Å². The monoisotopic (exact) mass is 268 g/mol. The van der Waals surface area contributed by atoms with Gasteiger partial charge in [-0.25, -0.2) is 4.39 Å². The van der Waals surface area contributed by atoms with Crippen molar-refractivity contribution < 1.29 is 13.9 Å². The minimum absolute atomic E-state index is 0.0379. The Morgan fingerprint density at radius 1 is 1.42 bits per heavy atom. The van der Waals surface area contributed by atoms with Crippen LogP contribution in [0.4, 0.5) is 4.39 Å². The molecule has 0 atom stereocenters. The van der Waals surface area contributed by atoms with Crippen molar-refractivity contribution in [3.8, 4) is 5.75 Å². The SMILES string of the molecule is CCC(CC)NC(=O)COc1cccc(F)c1CN. The van der Waals surface area contributed by atoms with Crippen LogP contribution in [0.15, 0.2) is 18.2 Å². The highest BCUT2D eigenvalue weighted by molar-refractivity contribution is 5.77. The lowest BCUT2D eigenvalue weighted by Gasteiger charge is -2.16. The maximum absolute atomic E-state index is 13.4. The summed E-state index contributed by atoms with van der Waals surface area (Å²) in [6.45, 7) is 3.92. The fourth-order valence-corrected chi connectivity index (χ4v) is 1.78. The Hall–Kier alpha value is -1.62. The van der Waals surface area contributed by atoms with Crippen molar-refractivity contribution in [2.75, 3.05) is 6.61 Å². The first-order valence-corrected chi connectivity index (χ1v) is 6.51. The molecule has 0 fully saturated rings. The van der Waals surface area contributed by atoms with Crippen molar-refractivity contribution in [1.29, 1.82) is 0 Å². The van der Waals surface area contributed by atoms with Gasteiger partial charge in [-0.05, 0) is 25.0 Å². The van der Waals surface area contributed by atoms with Crippen LogP contribution in [0.5, 0.6) is 5.75 Å². The van der Waals surface area contributed by atoms with Gasteiger partial charge in [0.25, 0.3) is 5.91 Å². The lowest BCUT2D eigenvalue weighted by Crippen LogP contribution is -2.37. The second-order valence-electron chi connectivity index (χ2n) is 4.29. The predicted molar refractivity (Wildman–Crippen MR) is 72.3 cm³/mol. The fourth-order valence-electron chi connectivity index (χ4n) is 1.78. The zero-order chi connectivity index (χ0) is 14.3. The molecule has 4 nitrogen and oxygen atoms in total. The van der Waals surface area contributed by atoms with E-state index in [0.717, 1.165) is 12.8 Å². The van der Waals surface area contributed by atoms with E-state index in [1.165, 1.54) is 12.1 Å². The molecule has 0 bridgehead atoms. The van der Waals surface area contributed by atoms with E-state index in [2.05, 4.69) is 5.32 Å². The Balaban J connectivity index is 2.57.